The molecule has 0 atom stereocenters. The van der Waals surface area contributed by atoms with E-state index in [2.05, 4.69) is 29.0 Å². The molecule has 1 heterocycles. The Hall–Kier alpha value is -1.49. The zero-order chi connectivity index (χ0) is 15.1. The highest BCUT2D eigenvalue weighted by molar-refractivity contribution is 5.53. The second-order valence-corrected chi connectivity index (χ2v) is 5.65. The Bertz CT molecular complexity index is 430. The number of anilines is 2. The van der Waals surface area contributed by atoms with Gasteiger partial charge in [-0.2, -0.15) is 4.98 Å². The quantitative estimate of drug-likeness (QED) is 0.649. The Labute approximate surface area is 127 Å². The van der Waals surface area contributed by atoms with Crippen LogP contribution >= 0.6 is 0 Å². The summed E-state index contributed by atoms with van der Waals surface area (Å²) in [5.41, 5.74) is 6.52. The Morgan fingerprint density at radius 3 is 2.76 bits per heavy atom. The van der Waals surface area contributed by atoms with E-state index in [1.165, 1.54) is 12.8 Å². The maximum atomic E-state index is 5.90. The first-order valence-electron chi connectivity index (χ1n) is 8.08. The zero-order valence-corrected chi connectivity index (χ0v) is 13.3. The van der Waals surface area contributed by atoms with Crippen molar-refractivity contribution < 1.29 is 4.74 Å². The molecule has 0 aliphatic heterocycles. The highest BCUT2D eigenvalue weighted by Gasteiger charge is 2.22. The van der Waals surface area contributed by atoms with E-state index in [1.807, 2.05) is 12.1 Å². The van der Waals surface area contributed by atoms with E-state index in [1.54, 1.807) is 0 Å². The fourth-order valence-electron chi connectivity index (χ4n) is 2.21. The van der Waals surface area contributed by atoms with Crippen molar-refractivity contribution in [2.45, 2.75) is 33.1 Å². The summed E-state index contributed by atoms with van der Waals surface area (Å²) in [7, 11) is 0. The molecule has 21 heavy (non-hydrogen) atoms. The lowest BCUT2D eigenvalue weighted by atomic mass is 10.3. The number of nitrogen functional groups attached to an aromatic ring is 1. The van der Waals surface area contributed by atoms with E-state index in [4.69, 9.17) is 10.5 Å². The summed E-state index contributed by atoms with van der Waals surface area (Å²) in [6, 6.07) is 3.78. The summed E-state index contributed by atoms with van der Waals surface area (Å²) >= 11 is 0. The molecule has 0 amide bonds. The van der Waals surface area contributed by atoms with E-state index in [9.17, 15) is 0 Å². The molecule has 1 fully saturated rings. The van der Waals surface area contributed by atoms with Crippen molar-refractivity contribution >= 4 is 11.5 Å². The average Bonchev–Trinajstić information content (AvgIpc) is 3.32. The van der Waals surface area contributed by atoms with Crippen LogP contribution in [0.15, 0.2) is 12.1 Å². The average molecular weight is 292 g/mol. The van der Waals surface area contributed by atoms with Crippen molar-refractivity contribution in [2.75, 3.05) is 43.8 Å². The molecule has 1 aliphatic carbocycles. The number of hydrogen-bond acceptors (Lipinski definition) is 5. The maximum Gasteiger partial charge on any atom is 0.239 e. The smallest absolute Gasteiger partial charge is 0.239 e. The van der Waals surface area contributed by atoms with Gasteiger partial charge in [0.25, 0.3) is 0 Å². The second-order valence-electron chi connectivity index (χ2n) is 5.65. The number of hydrogen-bond donors (Lipinski definition) is 2. The van der Waals surface area contributed by atoms with E-state index in [-0.39, 0.29) is 0 Å². The van der Waals surface area contributed by atoms with Crippen molar-refractivity contribution in [3.8, 4) is 5.88 Å². The van der Waals surface area contributed by atoms with Crippen LogP contribution in [0.1, 0.15) is 33.1 Å². The number of pyridine rings is 1. The first kappa shape index (κ1) is 15.9. The molecule has 0 unspecified atom stereocenters. The number of nitrogens with zero attached hydrogens (tertiary/aromatic N) is 2. The standard InChI is InChI=1S/C16H28N4O/c1-3-20(4-2)11-5-10-18-15-9-8-14(17)16(19-15)21-12-13-6-7-13/h8-9,13H,3-7,10-12,17H2,1-2H3,(H,18,19). The fraction of sp³-hybridized carbons (Fsp3) is 0.688. The molecule has 5 heteroatoms. The summed E-state index contributed by atoms with van der Waals surface area (Å²) in [6.07, 6.45) is 3.64. The van der Waals surface area contributed by atoms with Crippen molar-refractivity contribution in [1.82, 2.24) is 9.88 Å². The third kappa shape index (κ3) is 5.42. The van der Waals surface area contributed by atoms with Gasteiger partial charge in [-0.05, 0) is 56.9 Å². The van der Waals surface area contributed by atoms with Crippen LogP contribution in [0.2, 0.25) is 0 Å². The monoisotopic (exact) mass is 292 g/mol. The third-order valence-electron chi connectivity index (χ3n) is 3.89. The highest BCUT2D eigenvalue weighted by Crippen LogP contribution is 2.30. The SMILES string of the molecule is CCN(CC)CCCNc1ccc(N)c(OCC2CC2)n1. The molecule has 1 aromatic rings. The van der Waals surface area contributed by atoms with Crippen molar-refractivity contribution in [2.24, 2.45) is 5.92 Å². The Morgan fingerprint density at radius 1 is 1.33 bits per heavy atom. The van der Waals surface area contributed by atoms with Gasteiger partial charge < -0.3 is 20.7 Å². The van der Waals surface area contributed by atoms with Gasteiger partial charge >= 0.3 is 0 Å². The lowest BCUT2D eigenvalue weighted by Gasteiger charge is -2.18. The van der Waals surface area contributed by atoms with Crippen LogP contribution in [0.5, 0.6) is 5.88 Å². The lowest BCUT2D eigenvalue weighted by Crippen LogP contribution is -2.25. The van der Waals surface area contributed by atoms with Gasteiger partial charge in [0.05, 0.1) is 12.3 Å². The minimum Gasteiger partial charge on any atom is -0.476 e. The van der Waals surface area contributed by atoms with Gasteiger partial charge in [-0.1, -0.05) is 13.8 Å². The summed E-state index contributed by atoms with van der Waals surface area (Å²) in [4.78, 5) is 6.88. The predicted molar refractivity (Wildman–Crippen MR) is 87.8 cm³/mol. The molecule has 0 aromatic carbocycles. The molecule has 5 nitrogen and oxygen atoms in total. The van der Waals surface area contributed by atoms with Gasteiger partial charge in [0, 0.05) is 6.54 Å². The second kappa shape index (κ2) is 8.08. The van der Waals surface area contributed by atoms with Crippen LogP contribution in [0.3, 0.4) is 0 Å². The lowest BCUT2D eigenvalue weighted by molar-refractivity contribution is 0.290. The van der Waals surface area contributed by atoms with Crippen molar-refractivity contribution in [3.63, 3.8) is 0 Å². The summed E-state index contributed by atoms with van der Waals surface area (Å²) < 4.78 is 5.70. The van der Waals surface area contributed by atoms with Gasteiger partial charge in [-0.3, -0.25) is 0 Å². The molecule has 1 saturated carbocycles. The topological polar surface area (TPSA) is 63.4 Å². The maximum absolute atomic E-state index is 5.90. The number of rotatable bonds is 10. The van der Waals surface area contributed by atoms with Gasteiger partial charge in [0.1, 0.15) is 5.82 Å². The number of nitrogens with two attached hydrogens (primary N) is 1. The Morgan fingerprint density at radius 2 is 2.10 bits per heavy atom. The molecular formula is C16H28N4O. The molecule has 1 aliphatic rings. The molecular weight excluding hydrogens is 264 g/mol. The highest BCUT2D eigenvalue weighted by atomic mass is 16.5. The van der Waals surface area contributed by atoms with Crippen LogP contribution in [-0.4, -0.2) is 42.7 Å². The van der Waals surface area contributed by atoms with Gasteiger partial charge in [0.2, 0.25) is 5.88 Å². The molecule has 1 aromatic heterocycles. The fourth-order valence-corrected chi connectivity index (χ4v) is 2.21. The molecule has 0 radical (unpaired) electrons. The first-order chi connectivity index (χ1) is 10.2. The van der Waals surface area contributed by atoms with E-state index in [0.29, 0.717) is 17.5 Å². The van der Waals surface area contributed by atoms with Crippen molar-refractivity contribution in [1.29, 1.82) is 0 Å². The van der Waals surface area contributed by atoms with E-state index >= 15 is 0 Å². The van der Waals surface area contributed by atoms with E-state index in [0.717, 1.165) is 45.0 Å². The molecule has 0 spiro atoms. The number of nitrogens with one attached hydrogen (secondary N) is 1. The summed E-state index contributed by atoms with van der Waals surface area (Å²) in [5, 5.41) is 3.35. The van der Waals surface area contributed by atoms with Crippen LogP contribution in [0.4, 0.5) is 11.5 Å². The molecule has 0 bridgehead atoms. The van der Waals surface area contributed by atoms with E-state index < -0.39 is 0 Å². The minimum absolute atomic E-state index is 0.565. The van der Waals surface area contributed by atoms with Crippen LogP contribution in [0.25, 0.3) is 0 Å². The third-order valence-corrected chi connectivity index (χ3v) is 3.89. The summed E-state index contributed by atoms with van der Waals surface area (Å²) in [5.74, 6) is 2.11. The van der Waals surface area contributed by atoms with Gasteiger partial charge in [-0.25, -0.2) is 0 Å². The number of ether oxygens (including phenoxy) is 1. The summed E-state index contributed by atoms with van der Waals surface area (Å²) in [6.45, 7) is 9.37. The Balaban J connectivity index is 1.75. The molecule has 118 valence electrons. The Kier molecular flexibility index (Phi) is 6.11. The molecule has 2 rings (SSSR count). The molecule has 3 N–H and O–H groups in total. The zero-order valence-electron chi connectivity index (χ0n) is 13.3. The van der Waals surface area contributed by atoms with Crippen LogP contribution in [-0.2, 0) is 0 Å². The van der Waals surface area contributed by atoms with Crippen LogP contribution < -0.4 is 15.8 Å². The normalized spacial score (nSPS) is 14.4. The van der Waals surface area contributed by atoms with Crippen molar-refractivity contribution in [3.05, 3.63) is 12.1 Å². The number of aromatic nitrogens is 1. The predicted octanol–water partition coefficient (Wildman–Crippen LogP) is 2.60. The largest absolute Gasteiger partial charge is 0.476 e. The first-order valence-corrected chi connectivity index (χ1v) is 8.08. The van der Waals surface area contributed by atoms with Gasteiger partial charge in [-0.15, -0.1) is 0 Å². The molecule has 0 saturated heterocycles. The van der Waals surface area contributed by atoms with Gasteiger partial charge in [0.15, 0.2) is 0 Å². The minimum atomic E-state index is 0.565. The van der Waals surface area contributed by atoms with Crippen LogP contribution in [0, 0.1) is 5.92 Å².